The summed E-state index contributed by atoms with van der Waals surface area (Å²) >= 11 is 0. The second kappa shape index (κ2) is 10.3. The Bertz CT molecular complexity index is 606. The van der Waals surface area contributed by atoms with Crippen molar-refractivity contribution in [2.45, 2.75) is 45.2 Å². The smallest absolute Gasteiger partial charge is 0.223 e. The number of hydrogen-bond donors (Lipinski definition) is 3. The number of amides is 1. The lowest BCUT2D eigenvalue weighted by molar-refractivity contribution is -0.122. The molecule has 3 N–H and O–H groups in total. The Balaban J connectivity index is 1.37. The number of aliphatic imine (C=N–C) groups is 1. The summed E-state index contributed by atoms with van der Waals surface area (Å²) in [6, 6.07) is 11.1. The molecule has 3 rings (SSSR count). The van der Waals surface area contributed by atoms with Crippen LogP contribution in [0.15, 0.2) is 35.3 Å². The fourth-order valence-corrected chi connectivity index (χ4v) is 3.43. The molecule has 27 heavy (non-hydrogen) atoms. The maximum Gasteiger partial charge on any atom is 0.223 e. The number of hydrogen-bond acceptors (Lipinski definition) is 3. The lowest BCUT2D eigenvalue weighted by atomic mass is 10.0. The van der Waals surface area contributed by atoms with Gasteiger partial charge in [-0.25, -0.2) is 0 Å². The molecule has 1 aliphatic carbocycles. The van der Waals surface area contributed by atoms with Crippen molar-refractivity contribution in [3.8, 4) is 0 Å². The molecular weight excluding hydrogens is 338 g/mol. The van der Waals surface area contributed by atoms with Crippen molar-refractivity contribution >= 4 is 11.9 Å². The summed E-state index contributed by atoms with van der Waals surface area (Å²) in [6.45, 7) is 7.37. The van der Waals surface area contributed by atoms with Gasteiger partial charge in [-0.15, -0.1) is 0 Å². The highest BCUT2D eigenvalue weighted by Gasteiger charge is 2.29. The van der Waals surface area contributed by atoms with Crippen molar-refractivity contribution in [1.82, 2.24) is 20.9 Å². The van der Waals surface area contributed by atoms with Crippen LogP contribution in [0.2, 0.25) is 0 Å². The highest BCUT2D eigenvalue weighted by Crippen LogP contribution is 2.28. The van der Waals surface area contributed by atoms with Gasteiger partial charge >= 0.3 is 0 Å². The fourth-order valence-electron chi connectivity index (χ4n) is 3.43. The van der Waals surface area contributed by atoms with E-state index < -0.39 is 0 Å². The summed E-state index contributed by atoms with van der Waals surface area (Å²) in [5.41, 5.74) is 1.38. The van der Waals surface area contributed by atoms with E-state index in [9.17, 15) is 4.79 Å². The first-order valence-corrected chi connectivity index (χ1v) is 10.3. The Kier molecular flexibility index (Phi) is 7.51. The second-order valence-electron chi connectivity index (χ2n) is 7.51. The molecule has 1 aromatic rings. The van der Waals surface area contributed by atoms with Gasteiger partial charge in [0.25, 0.3) is 0 Å². The summed E-state index contributed by atoms with van der Waals surface area (Å²) in [4.78, 5) is 18.8. The molecule has 0 spiro atoms. The van der Waals surface area contributed by atoms with E-state index in [-0.39, 0.29) is 11.8 Å². The zero-order valence-corrected chi connectivity index (χ0v) is 16.4. The first-order chi connectivity index (χ1) is 13.2. The van der Waals surface area contributed by atoms with E-state index in [2.05, 4.69) is 63.1 Å². The summed E-state index contributed by atoms with van der Waals surface area (Å²) in [5.74, 6) is 1.31. The first-order valence-electron chi connectivity index (χ1n) is 10.3. The average Bonchev–Trinajstić information content (AvgIpc) is 3.53. The van der Waals surface area contributed by atoms with E-state index in [1.54, 1.807) is 0 Å². The summed E-state index contributed by atoms with van der Waals surface area (Å²) in [6.07, 6.45) is 4.33. The number of likely N-dealkylation sites (tertiary alicyclic amines) is 1. The number of carbonyl (C=O) groups excluding carboxylic acids is 1. The molecule has 1 aliphatic heterocycles. The van der Waals surface area contributed by atoms with Crippen LogP contribution in [-0.4, -0.2) is 55.5 Å². The molecule has 1 amide bonds. The van der Waals surface area contributed by atoms with Crippen molar-refractivity contribution in [2.75, 3.05) is 32.7 Å². The zero-order valence-electron chi connectivity index (χ0n) is 16.4. The van der Waals surface area contributed by atoms with Gasteiger partial charge in [-0.05, 0) is 38.2 Å². The monoisotopic (exact) mass is 371 g/mol. The molecule has 2 aliphatic rings. The second-order valence-corrected chi connectivity index (χ2v) is 7.51. The van der Waals surface area contributed by atoms with Crippen molar-refractivity contribution in [1.29, 1.82) is 0 Å². The molecule has 0 atom stereocenters. The van der Waals surface area contributed by atoms with E-state index in [1.807, 2.05) is 0 Å². The number of benzene rings is 1. The van der Waals surface area contributed by atoms with Gasteiger partial charge in [0.1, 0.15) is 0 Å². The van der Waals surface area contributed by atoms with Crippen molar-refractivity contribution in [3.05, 3.63) is 35.9 Å². The van der Waals surface area contributed by atoms with Crippen LogP contribution in [0.3, 0.4) is 0 Å². The summed E-state index contributed by atoms with van der Waals surface area (Å²) in [5, 5.41) is 9.85. The standard InChI is InChI=1S/C21H33N5O/c1-2-22-21(24-13-12-23-20(27)18-8-9-18)25-19-10-14-26(15-11-19)16-17-6-4-3-5-7-17/h3-7,18-19H,2,8-16H2,1H3,(H,23,27)(H2,22,24,25). The minimum absolute atomic E-state index is 0.189. The topological polar surface area (TPSA) is 68.8 Å². The van der Waals surface area contributed by atoms with Crippen LogP contribution in [0.25, 0.3) is 0 Å². The molecule has 0 bridgehead atoms. The Morgan fingerprint density at radius 2 is 1.85 bits per heavy atom. The highest BCUT2D eigenvalue weighted by atomic mass is 16.2. The van der Waals surface area contributed by atoms with Crippen LogP contribution < -0.4 is 16.0 Å². The molecular formula is C21H33N5O. The minimum Gasteiger partial charge on any atom is -0.357 e. The molecule has 0 aromatic heterocycles. The number of guanidine groups is 1. The number of piperidine rings is 1. The van der Waals surface area contributed by atoms with Gasteiger partial charge in [-0.3, -0.25) is 14.7 Å². The van der Waals surface area contributed by atoms with Gasteiger partial charge in [-0.2, -0.15) is 0 Å². The first kappa shape index (κ1) is 19.7. The van der Waals surface area contributed by atoms with Gasteiger partial charge in [0.2, 0.25) is 5.91 Å². The van der Waals surface area contributed by atoms with E-state index in [1.165, 1.54) is 5.56 Å². The molecule has 1 saturated heterocycles. The normalized spacial score (nSPS) is 18.9. The molecule has 6 heteroatoms. The van der Waals surface area contributed by atoms with Gasteiger partial charge < -0.3 is 16.0 Å². The van der Waals surface area contributed by atoms with Crippen molar-refractivity contribution < 1.29 is 4.79 Å². The maximum absolute atomic E-state index is 11.7. The Morgan fingerprint density at radius 1 is 1.11 bits per heavy atom. The summed E-state index contributed by atoms with van der Waals surface area (Å²) < 4.78 is 0. The fraction of sp³-hybridized carbons (Fsp3) is 0.619. The lowest BCUT2D eigenvalue weighted by Crippen LogP contribution is -2.48. The number of carbonyl (C=O) groups is 1. The minimum atomic E-state index is 0.189. The quantitative estimate of drug-likeness (QED) is 0.370. The van der Waals surface area contributed by atoms with Crippen molar-refractivity contribution in [3.63, 3.8) is 0 Å². The van der Waals surface area contributed by atoms with E-state index in [0.717, 1.165) is 57.8 Å². The molecule has 1 heterocycles. The van der Waals surface area contributed by atoms with Gasteiger partial charge in [-0.1, -0.05) is 30.3 Å². The van der Waals surface area contributed by atoms with Crippen LogP contribution in [-0.2, 0) is 11.3 Å². The van der Waals surface area contributed by atoms with Crippen LogP contribution in [0, 0.1) is 5.92 Å². The van der Waals surface area contributed by atoms with E-state index >= 15 is 0 Å². The molecule has 0 unspecified atom stereocenters. The van der Waals surface area contributed by atoms with Crippen molar-refractivity contribution in [2.24, 2.45) is 10.9 Å². The predicted molar refractivity (Wildman–Crippen MR) is 110 cm³/mol. The predicted octanol–water partition coefficient (Wildman–Crippen LogP) is 1.73. The maximum atomic E-state index is 11.7. The number of nitrogens with zero attached hydrogens (tertiary/aromatic N) is 2. The Labute approximate surface area is 162 Å². The third-order valence-corrected chi connectivity index (χ3v) is 5.15. The average molecular weight is 372 g/mol. The van der Waals surface area contributed by atoms with E-state index in [4.69, 9.17) is 0 Å². The van der Waals surface area contributed by atoms with E-state index in [0.29, 0.717) is 19.1 Å². The van der Waals surface area contributed by atoms with Crippen LogP contribution in [0.4, 0.5) is 0 Å². The highest BCUT2D eigenvalue weighted by molar-refractivity contribution is 5.81. The Morgan fingerprint density at radius 3 is 2.52 bits per heavy atom. The SMILES string of the molecule is CCNC(=NCCNC(=O)C1CC1)NC1CCN(Cc2ccccc2)CC1. The molecule has 2 fully saturated rings. The molecule has 1 aromatic carbocycles. The van der Waals surface area contributed by atoms with Gasteiger partial charge in [0.05, 0.1) is 6.54 Å². The van der Waals surface area contributed by atoms with Gasteiger partial charge in [0.15, 0.2) is 5.96 Å². The Hall–Kier alpha value is -2.08. The van der Waals surface area contributed by atoms with Crippen LogP contribution in [0.5, 0.6) is 0 Å². The lowest BCUT2D eigenvalue weighted by Gasteiger charge is -2.33. The molecule has 0 radical (unpaired) electrons. The molecule has 148 valence electrons. The van der Waals surface area contributed by atoms with Crippen LogP contribution in [0.1, 0.15) is 38.2 Å². The van der Waals surface area contributed by atoms with Gasteiger partial charge in [0, 0.05) is 44.7 Å². The third kappa shape index (κ3) is 6.86. The third-order valence-electron chi connectivity index (χ3n) is 5.15. The zero-order chi connectivity index (χ0) is 18.9. The largest absolute Gasteiger partial charge is 0.357 e. The van der Waals surface area contributed by atoms with Crippen LogP contribution >= 0.6 is 0 Å². The molecule has 6 nitrogen and oxygen atoms in total. The number of rotatable bonds is 8. The summed E-state index contributed by atoms with van der Waals surface area (Å²) in [7, 11) is 0. The molecule has 1 saturated carbocycles. The number of nitrogens with one attached hydrogen (secondary N) is 3.